The minimum absolute atomic E-state index is 0.00508. The van der Waals surface area contributed by atoms with Crippen LogP contribution in [0.5, 0.6) is 0 Å². The molecule has 2 aromatic carbocycles. The van der Waals surface area contributed by atoms with Crippen LogP contribution >= 0.6 is 11.8 Å². The molecule has 6 nitrogen and oxygen atoms in total. The van der Waals surface area contributed by atoms with E-state index in [0.29, 0.717) is 34.4 Å². The summed E-state index contributed by atoms with van der Waals surface area (Å²) in [5.41, 5.74) is 9.22. The summed E-state index contributed by atoms with van der Waals surface area (Å²) in [6, 6.07) is 10.4. The normalized spacial score (nSPS) is 13.6. The van der Waals surface area contributed by atoms with Crippen LogP contribution in [0.15, 0.2) is 56.6 Å². The van der Waals surface area contributed by atoms with Crippen LogP contribution in [0, 0.1) is 5.92 Å². The summed E-state index contributed by atoms with van der Waals surface area (Å²) < 4.78 is 81.9. The minimum Gasteiger partial charge on any atom is -0.465 e. The lowest BCUT2D eigenvalue weighted by molar-refractivity contribution is -0.152. The topological polar surface area (TPSA) is 109 Å². The van der Waals surface area contributed by atoms with Crippen LogP contribution < -0.4 is 17.1 Å². The van der Waals surface area contributed by atoms with E-state index in [0.717, 1.165) is 25.3 Å². The first kappa shape index (κ1) is 40.5. The number of rotatable bonds is 18. The van der Waals surface area contributed by atoms with Gasteiger partial charge in [-0.05, 0) is 95.4 Å². The molecule has 0 bridgehead atoms. The molecule has 0 aliphatic carbocycles. The Hall–Kier alpha value is -2.96. The number of ether oxygens (including phenoxy) is 1. The Balaban J connectivity index is 1.56. The van der Waals surface area contributed by atoms with Gasteiger partial charge in [0, 0.05) is 39.8 Å². The number of hydrogen-bond acceptors (Lipinski definition) is 7. The first-order valence-electron chi connectivity index (χ1n) is 16.7. The highest BCUT2D eigenvalue weighted by Crippen LogP contribution is 2.38. The number of nitrogens with two attached hydrogens (primary N) is 2. The maximum absolute atomic E-state index is 14.6. The Morgan fingerprint density at radius 3 is 2.22 bits per heavy atom. The van der Waals surface area contributed by atoms with Gasteiger partial charge in [-0.15, -0.1) is 11.8 Å². The molecule has 0 spiro atoms. The molecule has 3 aromatic rings. The van der Waals surface area contributed by atoms with Gasteiger partial charge in [0.15, 0.2) is 0 Å². The van der Waals surface area contributed by atoms with E-state index in [9.17, 15) is 31.5 Å². The first-order valence-corrected chi connectivity index (χ1v) is 17.7. The van der Waals surface area contributed by atoms with E-state index in [4.69, 9.17) is 20.6 Å². The van der Waals surface area contributed by atoms with E-state index in [2.05, 4.69) is 0 Å². The summed E-state index contributed by atoms with van der Waals surface area (Å²) in [4.78, 5) is 26.2. The fraction of sp³-hybridized carbons (Fsp3) is 0.568. The summed E-state index contributed by atoms with van der Waals surface area (Å²) in [6.45, 7) is 8.83. The number of hydrogen-bond donors (Lipinski definition) is 2. The van der Waals surface area contributed by atoms with Crippen LogP contribution in [-0.2, 0) is 22.1 Å². The lowest BCUT2D eigenvalue weighted by Gasteiger charge is -2.33. The van der Waals surface area contributed by atoms with Gasteiger partial charge in [-0.3, -0.25) is 4.79 Å². The molecule has 49 heavy (non-hydrogen) atoms. The zero-order valence-electron chi connectivity index (χ0n) is 29.0. The van der Waals surface area contributed by atoms with Gasteiger partial charge in [0.1, 0.15) is 5.58 Å². The van der Waals surface area contributed by atoms with Crippen LogP contribution in [0.25, 0.3) is 22.1 Å². The van der Waals surface area contributed by atoms with Crippen LogP contribution in [0.1, 0.15) is 97.1 Å². The summed E-state index contributed by atoms with van der Waals surface area (Å²) in [6.07, 6.45) is -1.82. The number of alkyl halides is 5. The highest BCUT2D eigenvalue weighted by Gasteiger charge is 2.37. The molecule has 0 saturated carbocycles. The molecule has 0 amide bonds. The van der Waals surface area contributed by atoms with Crippen molar-refractivity contribution in [1.82, 2.24) is 0 Å². The van der Waals surface area contributed by atoms with Gasteiger partial charge >= 0.3 is 17.8 Å². The van der Waals surface area contributed by atoms with Crippen molar-refractivity contribution in [2.24, 2.45) is 17.4 Å². The van der Waals surface area contributed by atoms with Crippen molar-refractivity contribution in [3.8, 4) is 11.1 Å². The number of carbonyl (C=O) groups is 1. The van der Waals surface area contributed by atoms with E-state index in [-0.39, 0.29) is 42.6 Å². The van der Waals surface area contributed by atoms with Gasteiger partial charge in [0.05, 0.1) is 23.7 Å². The zero-order chi connectivity index (χ0) is 36.6. The fourth-order valence-electron chi connectivity index (χ4n) is 5.59. The van der Waals surface area contributed by atoms with Crippen molar-refractivity contribution in [2.45, 2.75) is 120 Å². The standard InChI is InChI=1S/C37H49F5N2O4S/c1-6-7-8-11-24-12-15-27(29(20-24)37(40,41)42)28-21-25-13-14-26(22-31(25)48-32(28)45)49-19-10-17-36(38,39)16-9-18-47-33(46)30(35(4,5)44)23-34(2,3)43/h12-15,20-22,30H,6-11,16-19,23,43-44H2,1-5H3. The molecule has 0 aliphatic rings. The number of unbranched alkanes of at least 4 members (excludes halogenated alkanes) is 2. The second-order valence-electron chi connectivity index (χ2n) is 14.1. The third-order valence-corrected chi connectivity index (χ3v) is 9.34. The van der Waals surface area contributed by atoms with Crippen molar-refractivity contribution in [3.05, 3.63) is 64.0 Å². The monoisotopic (exact) mass is 712 g/mol. The maximum Gasteiger partial charge on any atom is 0.417 e. The van der Waals surface area contributed by atoms with E-state index in [1.165, 1.54) is 23.9 Å². The third kappa shape index (κ3) is 12.7. The van der Waals surface area contributed by atoms with Crippen molar-refractivity contribution < 1.29 is 35.9 Å². The van der Waals surface area contributed by atoms with Gasteiger partial charge in [0.2, 0.25) is 5.92 Å². The van der Waals surface area contributed by atoms with E-state index in [1.807, 2.05) is 6.92 Å². The van der Waals surface area contributed by atoms with Gasteiger partial charge in [-0.2, -0.15) is 13.2 Å². The molecule has 12 heteroatoms. The molecule has 4 N–H and O–H groups in total. The van der Waals surface area contributed by atoms with Crippen LogP contribution in [-0.4, -0.2) is 35.3 Å². The van der Waals surface area contributed by atoms with Crippen LogP contribution in [0.4, 0.5) is 22.0 Å². The van der Waals surface area contributed by atoms with Gasteiger partial charge in [0.25, 0.3) is 0 Å². The Kier molecular flexibility index (Phi) is 13.9. The molecule has 272 valence electrons. The first-order chi connectivity index (χ1) is 22.7. The Bertz CT molecular complexity index is 1610. The Labute approximate surface area is 289 Å². The zero-order valence-corrected chi connectivity index (χ0v) is 29.8. The molecule has 1 aromatic heterocycles. The number of carbonyl (C=O) groups excluding carboxylic acids is 1. The summed E-state index contributed by atoms with van der Waals surface area (Å²) >= 11 is 1.30. The van der Waals surface area contributed by atoms with Crippen molar-refractivity contribution in [3.63, 3.8) is 0 Å². The van der Waals surface area contributed by atoms with E-state index >= 15 is 0 Å². The van der Waals surface area contributed by atoms with Crippen LogP contribution in [0.3, 0.4) is 0 Å². The number of thioether (sulfide) groups is 1. The molecule has 0 fully saturated rings. The molecule has 3 rings (SSSR count). The highest BCUT2D eigenvalue weighted by molar-refractivity contribution is 7.99. The van der Waals surface area contributed by atoms with E-state index < -0.39 is 52.7 Å². The molecular formula is C37H49F5N2O4S. The molecule has 1 unspecified atom stereocenters. The third-order valence-electron chi connectivity index (χ3n) is 8.26. The van der Waals surface area contributed by atoms with Crippen LogP contribution in [0.2, 0.25) is 0 Å². The van der Waals surface area contributed by atoms with Gasteiger partial charge in [-0.1, -0.05) is 38.0 Å². The maximum atomic E-state index is 14.6. The van der Waals surface area contributed by atoms with Crippen molar-refractivity contribution >= 4 is 28.7 Å². The summed E-state index contributed by atoms with van der Waals surface area (Å²) in [5, 5.41) is 0.444. The highest BCUT2D eigenvalue weighted by atomic mass is 32.2. The molecular weight excluding hydrogens is 663 g/mol. The molecule has 0 aliphatic heterocycles. The number of esters is 1. The second-order valence-corrected chi connectivity index (χ2v) is 15.3. The smallest absolute Gasteiger partial charge is 0.417 e. The SMILES string of the molecule is CCCCCc1ccc(-c2cc3ccc(SCCCC(F)(F)CCCOC(=O)C(CC(C)(C)N)C(C)(C)N)cc3oc2=O)c(C(F)(F)F)c1. The largest absolute Gasteiger partial charge is 0.465 e. The average molecular weight is 713 g/mol. The van der Waals surface area contributed by atoms with E-state index in [1.54, 1.807) is 52.0 Å². The molecule has 0 saturated heterocycles. The Morgan fingerprint density at radius 1 is 0.898 bits per heavy atom. The van der Waals surface area contributed by atoms with Gasteiger partial charge in [-0.25, -0.2) is 13.6 Å². The fourth-order valence-corrected chi connectivity index (χ4v) is 6.47. The number of aryl methyl sites for hydroxylation is 1. The van der Waals surface area contributed by atoms with Gasteiger partial charge < -0.3 is 20.6 Å². The number of benzene rings is 2. The molecule has 0 radical (unpaired) electrons. The summed E-state index contributed by atoms with van der Waals surface area (Å²) in [7, 11) is 0. The number of halogens is 5. The lowest BCUT2D eigenvalue weighted by atomic mass is 9.80. The quantitative estimate of drug-likeness (QED) is 0.0445. The molecule has 1 heterocycles. The predicted octanol–water partition coefficient (Wildman–Crippen LogP) is 9.52. The summed E-state index contributed by atoms with van der Waals surface area (Å²) in [5.74, 6) is -3.81. The average Bonchev–Trinajstić information content (AvgIpc) is 2.98. The lowest BCUT2D eigenvalue weighted by Crippen LogP contribution is -2.50. The number of fused-ring (bicyclic) bond motifs is 1. The minimum atomic E-state index is -4.66. The Morgan fingerprint density at radius 2 is 1.59 bits per heavy atom. The van der Waals surface area contributed by atoms with Crippen molar-refractivity contribution in [1.29, 1.82) is 0 Å². The predicted molar refractivity (Wildman–Crippen MR) is 186 cm³/mol. The molecule has 1 atom stereocenters. The van der Waals surface area contributed by atoms with Crippen molar-refractivity contribution in [2.75, 3.05) is 12.4 Å². The second kappa shape index (κ2) is 16.8.